The van der Waals surface area contributed by atoms with E-state index in [1.165, 1.54) is 48.5 Å². The number of nitrogens with one attached hydrogen (secondary N) is 3. The summed E-state index contributed by atoms with van der Waals surface area (Å²) in [5, 5.41) is 15.4. The smallest absolute Gasteiger partial charge is 0.319 e. The Balaban J connectivity index is 1.46. The lowest BCUT2D eigenvalue weighted by atomic mass is 9.98. The number of hydrogen-bond acceptors (Lipinski definition) is 5. The molecule has 0 bridgehead atoms. The summed E-state index contributed by atoms with van der Waals surface area (Å²) in [5.41, 5.74) is 0.467. The highest BCUT2D eigenvalue weighted by atomic mass is 35.5. The van der Waals surface area contributed by atoms with Crippen molar-refractivity contribution in [3.05, 3.63) is 59.4 Å². The van der Waals surface area contributed by atoms with Crippen LogP contribution in [0.5, 0.6) is 0 Å². The van der Waals surface area contributed by atoms with Gasteiger partial charge in [-0.15, -0.1) is 0 Å². The average Bonchev–Trinajstić information content (AvgIpc) is 2.76. The van der Waals surface area contributed by atoms with Crippen LogP contribution >= 0.6 is 11.6 Å². The van der Waals surface area contributed by atoms with Crippen molar-refractivity contribution in [2.24, 2.45) is 0 Å². The van der Waals surface area contributed by atoms with Crippen molar-refractivity contribution in [1.29, 1.82) is 0 Å². The molecule has 1 saturated heterocycles. The normalized spacial score (nSPS) is 21.2. The summed E-state index contributed by atoms with van der Waals surface area (Å²) in [4.78, 5) is 12.0. The summed E-state index contributed by atoms with van der Waals surface area (Å²) in [7, 11) is -3.79. The summed E-state index contributed by atoms with van der Waals surface area (Å²) in [5.74, 6) is -0.391. The fourth-order valence-corrected chi connectivity index (χ4v) is 4.84. The van der Waals surface area contributed by atoms with Crippen molar-refractivity contribution in [2.75, 3.05) is 18.5 Å². The summed E-state index contributed by atoms with van der Waals surface area (Å²) in [6.07, 6.45) is 0.582. The van der Waals surface area contributed by atoms with Gasteiger partial charge in [-0.05, 0) is 67.8 Å². The number of anilines is 1. The molecule has 0 spiro atoms. The van der Waals surface area contributed by atoms with E-state index in [0.717, 1.165) is 0 Å². The Morgan fingerprint density at radius 3 is 2.47 bits per heavy atom. The number of ether oxygens (including phenoxy) is 1. The van der Waals surface area contributed by atoms with Crippen LogP contribution in [0.1, 0.15) is 19.3 Å². The van der Waals surface area contributed by atoms with E-state index in [1.807, 2.05) is 0 Å². The molecule has 8 nitrogen and oxygen atoms in total. The summed E-state index contributed by atoms with van der Waals surface area (Å²) < 4.78 is 46.6. The molecule has 2 amide bonds. The molecule has 1 aliphatic rings. The molecule has 0 aromatic heterocycles. The number of aliphatic hydroxyl groups is 1. The minimum Gasteiger partial charge on any atom is -0.394 e. The molecule has 2 aromatic carbocycles. The molecule has 1 heterocycles. The number of carbonyl (C=O) groups excluding carboxylic acids is 1. The standard InChI is InChI=1S/C21H25ClFN3O5S/c22-14-1-8-18(9-2-14)32(29,30)26-19-10-7-17(31-20(19)13-27)11-12-24-21(28)25-16-5-3-15(23)4-6-16/h1-6,8-9,17,19-20,26-27H,7,10-13H2,(H2,24,25,28)/t17-,19+,20+/m1/s1. The molecule has 4 N–H and O–H groups in total. The van der Waals surface area contributed by atoms with Gasteiger partial charge in [0, 0.05) is 17.3 Å². The number of urea groups is 1. The molecular weight excluding hydrogens is 461 g/mol. The third kappa shape index (κ3) is 6.88. The van der Waals surface area contributed by atoms with Gasteiger partial charge in [0.15, 0.2) is 0 Å². The van der Waals surface area contributed by atoms with E-state index in [1.54, 1.807) is 0 Å². The van der Waals surface area contributed by atoms with Crippen molar-refractivity contribution >= 4 is 33.3 Å². The van der Waals surface area contributed by atoms with E-state index in [4.69, 9.17) is 16.3 Å². The first-order valence-electron chi connectivity index (χ1n) is 10.1. The van der Waals surface area contributed by atoms with Crippen LogP contribution in [0.3, 0.4) is 0 Å². The van der Waals surface area contributed by atoms with Gasteiger partial charge in [-0.25, -0.2) is 22.3 Å². The molecule has 0 unspecified atom stereocenters. The quantitative estimate of drug-likeness (QED) is 0.458. The highest BCUT2D eigenvalue weighted by Crippen LogP contribution is 2.24. The van der Waals surface area contributed by atoms with Gasteiger partial charge in [-0.3, -0.25) is 0 Å². The molecule has 0 saturated carbocycles. The minimum absolute atomic E-state index is 0.0806. The lowest BCUT2D eigenvalue weighted by Crippen LogP contribution is -2.51. The lowest BCUT2D eigenvalue weighted by molar-refractivity contribution is -0.0871. The lowest BCUT2D eigenvalue weighted by Gasteiger charge is -2.36. The van der Waals surface area contributed by atoms with Crippen molar-refractivity contribution < 1.29 is 27.4 Å². The van der Waals surface area contributed by atoms with Gasteiger partial charge in [-0.2, -0.15) is 0 Å². The molecule has 2 aromatic rings. The summed E-state index contributed by atoms with van der Waals surface area (Å²) >= 11 is 5.81. The largest absolute Gasteiger partial charge is 0.394 e. The Kier molecular flexibility index (Phi) is 8.44. The van der Waals surface area contributed by atoms with E-state index < -0.39 is 34.0 Å². The number of amides is 2. The Morgan fingerprint density at radius 2 is 1.81 bits per heavy atom. The number of rotatable bonds is 8. The van der Waals surface area contributed by atoms with E-state index in [2.05, 4.69) is 15.4 Å². The summed E-state index contributed by atoms with van der Waals surface area (Å²) in [6, 6.07) is 10.2. The second-order valence-corrected chi connectivity index (χ2v) is 9.57. The zero-order valence-corrected chi connectivity index (χ0v) is 18.7. The topological polar surface area (TPSA) is 117 Å². The van der Waals surface area contributed by atoms with Gasteiger partial charge in [-0.1, -0.05) is 11.6 Å². The molecular formula is C21H25ClFN3O5S. The fourth-order valence-electron chi connectivity index (χ4n) is 3.42. The maximum atomic E-state index is 12.9. The second-order valence-electron chi connectivity index (χ2n) is 7.41. The predicted molar refractivity (Wildman–Crippen MR) is 119 cm³/mol. The summed E-state index contributed by atoms with van der Waals surface area (Å²) in [6.45, 7) is -0.0280. The number of halogens is 2. The second kappa shape index (κ2) is 11.1. The highest BCUT2D eigenvalue weighted by molar-refractivity contribution is 7.89. The van der Waals surface area contributed by atoms with E-state index >= 15 is 0 Å². The van der Waals surface area contributed by atoms with Crippen LogP contribution in [0.2, 0.25) is 5.02 Å². The molecule has 3 atom stereocenters. The molecule has 174 valence electrons. The van der Waals surface area contributed by atoms with Gasteiger partial charge in [0.25, 0.3) is 0 Å². The molecule has 0 radical (unpaired) electrons. The first-order chi connectivity index (χ1) is 15.3. The molecule has 11 heteroatoms. The monoisotopic (exact) mass is 485 g/mol. The molecule has 3 rings (SSSR count). The molecule has 32 heavy (non-hydrogen) atoms. The zero-order valence-electron chi connectivity index (χ0n) is 17.1. The van der Waals surface area contributed by atoms with Gasteiger partial charge in [0.05, 0.1) is 29.8 Å². The van der Waals surface area contributed by atoms with Gasteiger partial charge >= 0.3 is 6.03 Å². The van der Waals surface area contributed by atoms with Crippen LogP contribution in [-0.4, -0.2) is 51.0 Å². The molecule has 0 aliphatic carbocycles. The fraction of sp³-hybridized carbons (Fsp3) is 0.381. The van der Waals surface area contributed by atoms with Gasteiger partial charge in [0.2, 0.25) is 10.0 Å². The third-order valence-corrected chi connectivity index (χ3v) is 6.84. The highest BCUT2D eigenvalue weighted by Gasteiger charge is 2.33. The maximum Gasteiger partial charge on any atom is 0.319 e. The van der Waals surface area contributed by atoms with Crippen LogP contribution in [-0.2, 0) is 14.8 Å². The Morgan fingerprint density at radius 1 is 1.12 bits per heavy atom. The van der Waals surface area contributed by atoms with Crippen LogP contribution in [0, 0.1) is 5.82 Å². The molecule has 1 aliphatic heterocycles. The first kappa shape index (κ1) is 24.4. The Hall–Kier alpha value is -2.24. The predicted octanol–water partition coefficient (Wildman–Crippen LogP) is 2.88. The number of benzene rings is 2. The van der Waals surface area contributed by atoms with Crippen molar-refractivity contribution in [3.63, 3.8) is 0 Å². The number of aliphatic hydroxyl groups excluding tert-OH is 1. The van der Waals surface area contributed by atoms with Crippen LogP contribution in [0.4, 0.5) is 14.9 Å². The van der Waals surface area contributed by atoms with Crippen molar-refractivity contribution in [1.82, 2.24) is 10.0 Å². The Bertz CT molecular complexity index is 1010. The molecule has 1 fully saturated rings. The van der Waals surface area contributed by atoms with Crippen LogP contribution in [0.25, 0.3) is 0 Å². The minimum atomic E-state index is -3.79. The zero-order chi connectivity index (χ0) is 23.1. The maximum absolute atomic E-state index is 12.9. The van der Waals surface area contributed by atoms with Gasteiger partial charge < -0.3 is 20.5 Å². The Labute approximate surface area is 191 Å². The van der Waals surface area contributed by atoms with Crippen molar-refractivity contribution in [3.8, 4) is 0 Å². The van der Waals surface area contributed by atoms with Crippen molar-refractivity contribution in [2.45, 2.75) is 42.4 Å². The number of carbonyl (C=O) groups is 1. The first-order valence-corrected chi connectivity index (χ1v) is 12.0. The third-order valence-electron chi connectivity index (χ3n) is 5.08. The van der Waals surface area contributed by atoms with Gasteiger partial charge in [0.1, 0.15) is 5.82 Å². The van der Waals surface area contributed by atoms with E-state index in [9.17, 15) is 22.7 Å². The van der Waals surface area contributed by atoms with Crippen LogP contribution < -0.4 is 15.4 Å². The van der Waals surface area contributed by atoms with Crippen LogP contribution in [0.15, 0.2) is 53.4 Å². The SMILES string of the molecule is O=C(NCC[C@H]1CC[C@H](NS(=O)(=O)c2ccc(Cl)cc2)[C@H](CO)O1)Nc1ccc(F)cc1. The van der Waals surface area contributed by atoms with E-state index in [-0.39, 0.29) is 17.6 Å². The number of hydrogen-bond donors (Lipinski definition) is 4. The van der Waals surface area contributed by atoms with E-state index in [0.29, 0.717) is 36.5 Å². The number of sulfonamides is 1. The average molecular weight is 486 g/mol.